The maximum Gasteiger partial charge on any atom is 0.230 e. The van der Waals surface area contributed by atoms with Gasteiger partial charge in [-0.05, 0) is 51.0 Å². The summed E-state index contributed by atoms with van der Waals surface area (Å²) < 4.78 is 1.76. The van der Waals surface area contributed by atoms with E-state index < -0.39 is 0 Å². The number of halogens is 1. The summed E-state index contributed by atoms with van der Waals surface area (Å²) >= 11 is 6.66. The van der Waals surface area contributed by atoms with E-state index >= 15 is 0 Å². The Morgan fingerprint density at radius 1 is 1.13 bits per heavy atom. The number of anilines is 1. The third-order valence-corrected chi connectivity index (χ3v) is 7.67. The molecule has 3 fully saturated rings. The summed E-state index contributed by atoms with van der Waals surface area (Å²) in [4.78, 5) is 22.5. The molecule has 166 valence electrons. The summed E-state index contributed by atoms with van der Waals surface area (Å²) in [5, 5.41) is 14.7. The molecule has 31 heavy (non-hydrogen) atoms. The highest BCUT2D eigenvalue weighted by Gasteiger charge is 2.51. The molecule has 3 aliphatic rings. The van der Waals surface area contributed by atoms with E-state index in [0.29, 0.717) is 17.5 Å². The zero-order chi connectivity index (χ0) is 21.6. The van der Waals surface area contributed by atoms with Crippen LogP contribution in [0.25, 0.3) is 11.1 Å². The Morgan fingerprint density at radius 2 is 1.94 bits per heavy atom. The van der Waals surface area contributed by atoms with Crippen molar-refractivity contribution >= 4 is 23.3 Å². The lowest BCUT2D eigenvalue weighted by molar-refractivity contribution is -0.139. The molecule has 0 aromatic carbocycles. The van der Waals surface area contributed by atoms with E-state index in [-0.39, 0.29) is 17.6 Å². The molecular formula is C23H30ClN5O2. The summed E-state index contributed by atoms with van der Waals surface area (Å²) in [6, 6.07) is 2.23. The molecule has 1 atom stereocenters. The number of aliphatic hydroxyl groups is 1. The number of rotatable bonds is 3. The predicted octanol–water partition coefficient (Wildman–Crippen LogP) is 3.26. The van der Waals surface area contributed by atoms with Crippen LogP contribution in [0.3, 0.4) is 0 Å². The van der Waals surface area contributed by atoms with Crippen molar-refractivity contribution in [3.05, 3.63) is 29.7 Å². The second-order valence-electron chi connectivity index (χ2n) is 9.45. The summed E-state index contributed by atoms with van der Waals surface area (Å²) in [7, 11) is 1.89. The zero-order valence-electron chi connectivity index (χ0n) is 18.0. The quantitative estimate of drug-likeness (QED) is 0.788. The van der Waals surface area contributed by atoms with Gasteiger partial charge in [0.05, 0.1) is 22.7 Å². The van der Waals surface area contributed by atoms with Crippen LogP contribution in [0.2, 0.25) is 5.02 Å². The van der Waals surface area contributed by atoms with E-state index in [1.54, 1.807) is 10.9 Å². The predicted molar refractivity (Wildman–Crippen MR) is 120 cm³/mol. The van der Waals surface area contributed by atoms with Gasteiger partial charge in [-0.2, -0.15) is 5.10 Å². The highest BCUT2D eigenvalue weighted by molar-refractivity contribution is 6.33. The van der Waals surface area contributed by atoms with Crippen LogP contribution in [0.1, 0.15) is 44.9 Å². The third-order valence-electron chi connectivity index (χ3n) is 7.39. The van der Waals surface area contributed by atoms with Crippen molar-refractivity contribution in [2.45, 2.75) is 57.1 Å². The number of aliphatic hydroxyl groups excluding tert-OH is 1. The zero-order valence-corrected chi connectivity index (χ0v) is 18.8. The van der Waals surface area contributed by atoms with Crippen LogP contribution in [0.15, 0.2) is 24.7 Å². The summed E-state index contributed by atoms with van der Waals surface area (Å²) in [6.07, 6.45) is 11.6. The number of pyridine rings is 1. The van der Waals surface area contributed by atoms with E-state index in [4.69, 9.17) is 11.6 Å². The van der Waals surface area contributed by atoms with Crippen molar-refractivity contribution in [1.82, 2.24) is 19.7 Å². The maximum absolute atomic E-state index is 13.5. The number of aromatic nitrogens is 3. The minimum atomic E-state index is -0.332. The van der Waals surface area contributed by atoms with Gasteiger partial charge in [0.15, 0.2) is 0 Å². The highest BCUT2D eigenvalue weighted by atomic mass is 35.5. The van der Waals surface area contributed by atoms with Crippen molar-refractivity contribution in [2.24, 2.45) is 12.5 Å². The molecule has 1 amide bonds. The van der Waals surface area contributed by atoms with Gasteiger partial charge in [0.2, 0.25) is 5.91 Å². The minimum Gasteiger partial charge on any atom is -0.393 e. The number of hydrogen-bond acceptors (Lipinski definition) is 5. The van der Waals surface area contributed by atoms with E-state index in [9.17, 15) is 9.90 Å². The number of nitrogens with zero attached hydrogens (tertiary/aromatic N) is 5. The number of piperidine rings is 1. The number of amides is 1. The van der Waals surface area contributed by atoms with E-state index in [1.165, 1.54) is 0 Å². The second kappa shape index (κ2) is 8.10. The van der Waals surface area contributed by atoms with Crippen molar-refractivity contribution in [2.75, 3.05) is 24.5 Å². The molecule has 5 rings (SSSR count). The van der Waals surface area contributed by atoms with Gasteiger partial charge >= 0.3 is 0 Å². The molecule has 0 bridgehead atoms. The fraction of sp³-hybridized carbons (Fsp3) is 0.609. The lowest BCUT2D eigenvalue weighted by Crippen LogP contribution is -2.50. The van der Waals surface area contributed by atoms with Crippen LogP contribution in [-0.2, 0) is 11.8 Å². The molecule has 2 aromatic heterocycles. The Morgan fingerprint density at radius 3 is 2.65 bits per heavy atom. The van der Waals surface area contributed by atoms with Crippen LogP contribution in [0, 0.1) is 5.41 Å². The number of carbonyl (C=O) groups is 1. The molecule has 8 heteroatoms. The number of hydrogen-bond donors (Lipinski definition) is 1. The lowest BCUT2D eigenvalue weighted by Gasteiger charge is -2.41. The summed E-state index contributed by atoms with van der Waals surface area (Å²) in [5.74, 6) is 1.06. The smallest absolute Gasteiger partial charge is 0.230 e. The molecule has 1 N–H and O–H groups in total. The molecule has 2 saturated heterocycles. The first-order chi connectivity index (χ1) is 14.9. The molecule has 4 heterocycles. The average molecular weight is 444 g/mol. The highest BCUT2D eigenvalue weighted by Crippen LogP contribution is 2.44. The number of likely N-dealkylation sites (tertiary alicyclic amines) is 1. The minimum absolute atomic E-state index is 0.198. The Kier molecular flexibility index (Phi) is 5.42. The number of aryl methyl sites for hydroxylation is 1. The number of carbonyl (C=O) groups excluding carboxylic acids is 1. The average Bonchev–Trinajstić information content (AvgIpc) is 3.33. The van der Waals surface area contributed by atoms with E-state index in [1.807, 2.05) is 25.5 Å². The third kappa shape index (κ3) is 3.82. The summed E-state index contributed by atoms with van der Waals surface area (Å²) in [5.41, 5.74) is 1.59. The topological polar surface area (TPSA) is 74.5 Å². The first kappa shape index (κ1) is 20.8. The molecular weight excluding hydrogens is 414 g/mol. The Balaban J connectivity index is 1.33. The van der Waals surface area contributed by atoms with Crippen LogP contribution in [0.4, 0.5) is 5.82 Å². The molecule has 1 unspecified atom stereocenters. The molecule has 7 nitrogen and oxygen atoms in total. The van der Waals surface area contributed by atoms with Gasteiger partial charge in [0.25, 0.3) is 0 Å². The Bertz CT molecular complexity index is 971. The van der Waals surface area contributed by atoms with Gasteiger partial charge in [0.1, 0.15) is 5.82 Å². The molecule has 2 aromatic rings. The summed E-state index contributed by atoms with van der Waals surface area (Å²) in [6.45, 7) is 2.37. The fourth-order valence-electron chi connectivity index (χ4n) is 5.65. The molecule has 2 aliphatic heterocycles. The first-order valence-corrected chi connectivity index (χ1v) is 11.7. The van der Waals surface area contributed by atoms with Gasteiger partial charge in [-0.25, -0.2) is 4.98 Å². The van der Waals surface area contributed by atoms with Crippen molar-refractivity contribution in [1.29, 1.82) is 0 Å². The largest absolute Gasteiger partial charge is 0.393 e. The van der Waals surface area contributed by atoms with Crippen LogP contribution < -0.4 is 4.90 Å². The fourth-order valence-corrected chi connectivity index (χ4v) is 5.93. The van der Waals surface area contributed by atoms with Gasteiger partial charge in [-0.1, -0.05) is 11.6 Å². The molecule has 1 saturated carbocycles. The van der Waals surface area contributed by atoms with Crippen LogP contribution in [0.5, 0.6) is 0 Å². The maximum atomic E-state index is 13.5. The van der Waals surface area contributed by atoms with E-state index in [2.05, 4.69) is 19.9 Å². The lowest BCUT2D eigenvalue weighted by atomic mass is 9.78. The van der Waals surface area contributed by atoms with Crippen molar-refractivity contribution < 1.29 is 9.90 Å². The Hall–Kier alpha value is -2.12. The van der Waals surface area contributed by atoms with Gasteiger partial charge in [-0.3, -0.25) is 9.48 Å². The van der Waals surface area contributed by atoms with Gasteiger partial charge in [0, 0.05) is 56.2 Å². The van der Waals surface area contributed by atoms with Gasteiger partial charge < -0.3 is 14.9 Å². The monoisotopic (exact) mass is 443 g/mol. The van der Waals surface area contributed by atoms with E-state index in [0.717, 1.165) is 75.0 Å². The molecule has 1 aliphatic carbocycles. The standard InChI is InChI=1S/C23H30ClN5O2/c1-27-14-17(13-26-27)16-11-20(24)21(25-12-16)28-9-2-7-23(15-28)8-10-29(22(23)31)18-3-5-19(30)6-4-18/h11-14,18-19,30H,2-10,15H2,1H3. The van der Waals surface area contributed by atoms with Gasteiger partial charge in [-0.15, -0.1) is 0 Å². The Labute approximate surface area is 188 Å². The van der Waals surface area contributed by atoms with Crippen molar-refractivity contribution in [3.8, 4) is 11.1 Å². The normalized spacial score (nSPS) is 29.2. The van der Waals surface area contributed by atoms with Crippen LogP contribution in [-0.4, -0.2) is 62.5 Å². The molecule has 0 radical (unpaired) electrons. The first-order valence-electron chi connectivity index (χ1n) is 11.3. The van der Waals surface area contributed by atoms with Crippen LogP contribution >= 0.6 is 11.6 Å². The second-order valence-corrected chi connectivity index (χ2v) is 9.86. The molecule has 1 spiro atoms. The van der Waals surface area contributed by atoms with Crippen molar-refractivity contribution in [3.63, 3.8) is 0 Å². The SMILES string of the molecule is Cn1cc(-c2cnc(N3CCCC4(CCN(C5CCC(O)CC5)C4=O)C3)c(Cl)c2)cn1.